The average molecular weight is 625 g/mol. The Morgan fingerprint density at radius 2 is 1.67 bits per heavy atom. The number of hydrogen-bond donors (Lipinski definition) is 3. The summed E-state index contributed by atoms with van der Waals surface area (Å²) in [6, 6.07) is -2.48. The minimum atomic E-state index is -0.873. The first kappa shape index (κ1) is 33.2. The summed E-state index contributed by atoms with van der Waals surface area (Å²) in [6.45, 7) is 14.6. The molecule has 0 radical (unpaired) electrons. The molecule has 45 heavy (non-hydrogen) atoms. The Hall–Kier alpha value is -3.17. The van der Waals surface area contributed by atoms with Crippen LogP contribution in [0.15, 0.2) is 0 Å². The van der Waals surface area contributed by atoms with Gasteiger partial charge in [-0.1, -0.05) is 39.5 Å². The van der Waals surface area contributed by atoms with Crippen molar-refractivity contribution in [3.05, 3.63) is 22.5 Å². The van der Waals surface area contributed by atoms with Gasteiger partial charge >= 0.3 is 5.97 Å². The molecule has 4 fully saturated rings. The number of ether oxygens (including phenoxy) is 1. The molecule has 3 N–H and O–H groups in total. The summed E-state index contributed by atoms with van der Waals surface area (Å²) in [6.07, 6.45) is 7.99. The number of aromatic nitrogens is 1. The molecule has 4 aliphatic rings. The van der Waals surface area contributed by atoms with E-state index in [0.29, 0.717) is 17.5 Å². The van der Waals surface area contributed by atoms with Crippen molar-refractivity contribution in [1.82, 2.24) is 20.5 Å². The third-order valence-electron chi connectivity index (χ3n) is 11.1. The molecule has 0 aromatic carbocycles. The normalized spacial score (nSPS) is 28.7. The lowest BCUT2D eigenvalue weighted by atomic mass is 9.60. The number of piperidine rings is 1. The highest BCUT2D eigenvalue weighted by Gasteiger charge is 2.62. The summed E-state index contributed by atoms with van der Waals surface area (Å²) in [7, 11) is 0. The van der Waals surface area contributed by atoms with Gasteiger partial charge in [-0.25, -0.2) is 4.79 Å². The second kappa shape index (κ2) is 12.2. The molecule has 3 amide bonds. The molecule has 1 aromatic rings. The van der Waals surface area contributed by atoms with Crippen molar-refractivity contribution in [2.45, 2.75) is 143 Å². The molecule has 5 rings (SSSR count). The number of aryl methyl sites for hydroxylation is 1. The number of nitrogens with one attached hydrogen (secondary N) is 3. The number of carbonyl (C=O) groups excluding carboxylic acids is 5. The SMILES string of the molecule is CC(=O)c1c(C(=O)N[C@H](C(=O)N[C@@H]2C(=O)N3[C@H](C(=O)OC(C)(C)C)C[C@@H]4CCCC([C@@H]43)C2(C)C)C2CCCCC2)[nH]c(C)c1C. The summed E-state index contributed by atoms with van der Waals surface area (Å²) < 4.78 is 5.78. The number of rotatable bonds is 7. The lowest BCUT2D eigenvalue weighted by Gasteiger charge is -2.55. The number of carbonyl (C=O) groups is 5. The van der Waals surface area contributed by atoms with Crippen LogP contribution in [0.25, 0.3) is 0 Å². The number of nitrogens with zero attached hydrogens (tertiary/aromatic N) is 1. The van der Waals surface area contributed by atoms with Crippen LogP contribution in [0.5, 0.6) is 0 Å². The van der Waals surface area contributed by atoms with E-state index in [4.69, 9.17) is 4.74 Å². The molecule has 6 atom stereocenters. The Labute approximate surface area is 267 Å². The van der Waals surface area contributed by atoms with E-state index in [2.05, 4.69) is 29.5 Å². The van der Waals surface area contributed by atoms with Crippen molar-refractivity contribution in [3.63, 3.8) is 0 Å². The first-order valence-electron chi connectivity index (χ1n) is 16.9. The molecule has 1 unspecified atom stereocenters. The summed E-state index contributed by atoms with van der Waals surface area (Å²) in [4.78, 5) is 73.2. The first-order valence-corrected chi connectivity index (χ1v) is 16.9. The van der Waals surface area contributed by atoms with E-state index in [1.54, 1.807) is 11.8 Å². The van der Waals surface area contributed by atoms with Crippen molar-refractivity contribution in [3.8, 4) is 0 Å². The van der Waals surface area contributed by atoms with Crippen LogP contribution in [0.3, 0.4) is 0 Å². The predicted octanol–water partition coefficient (Wildman–Crippen LogP) is 4.76. The number of hydrogen-bond acceptors (Lipinski definition) is 6. The number of amides is 3. The van der Waals surface area contributed by atoms with E-state index in [-0.39, 0.29) is 47.1 Å². The number of H-pyrrole nitrogens is 1. The van der Waals surface area contributed by atoms with Gasteiger partial charge in [0.05, 0.1) is 5.56 Å². The van der Waals surface area contributed by atoms with Gasteiger partial charge in [0, 0.05) is 11.7 Å². The molecule has 1 aromatic heterocycles. The van der Waals surface area contributed by atoms with Crippen molar-refractivity contribution >= 4 is 29.5 Å². The Kier molecular flexibility index (Phi) is 9.01. The largest absolute Gasteiger partial charge is 0.458 e. The van der Waals surface area contributed by atoms with Crippen LogP contribution in [-0.4, -0.2) is 69.1 Å². The fraction of sp³-hybridized carbons (Fsp3) is 0.743. The van der Waals surface area contributed by atoms with Crippen molar-refractivity contribution in [2.75, 3.05) is 0 Å². The van der Waals surface area contributed by atoms with Crippen molar-refractivity contribution in [2.24, 2.45) is 23.2 Å². The summed E-state index contributed by atoms with van der Waals surface area (Å²) in [5.74, 6) is -1.54. The predicted molar refractivity (Wildman–Crippen MR) is 170 cm³/mol. The summed E-state index contributed by atoms with van der Waals surface area (Å²) in [5, 5.41) is 6.10. The second-order valence-electron chi connectivity index (χ2n) is 15.6. The summed E-state index contributed by atoms with van der Waals surface area (Å²) >= 11 is 0. The Bertz CT molecular complexity index is 1370. The van der Waals surface area contributed by atoms with Gasteiger partial charge in [-0.2, -0.15) is 0 Å². The van der Waals surface area contributed by atoms with Gasteiger partial charge in [0.2, 0.25) is 11.8 Å². The van der Waals surface area contributed by atoms with E-state index in [1.165, 1.54) is 6.92 Å². The maximum atomic E-state index is 14.4. The lowest BCUT2D eigenvalue weighted by molar-refractivity contribution is -0.171. The molecule has 0 bridgehead atoms. The number of Topliss-reactive ketones (excluding diaryl/α,β-unsaturated/α-hetero) is 1. The Morgan fingerprint density at radius 3 is 2.29 bits per heavy atom. The molecule has 10 heteroatoms. The van der Waals surface area contributed by atoms with Crippen molar-refractivity contribution in [1.29, 1.82) is 0 Å². The van der Waals surface area contributed by atoms with Gasteiger partial charge in [0.1, 0.15) is 29.4 Å². The van der Waals surface area contributed by atoms with E-state index in [9.17, 15) is 24.0 Å². The highest BCUT2D eigenvalue weighted by atomic mass is 16.6. The van der Waals surface area contributed by atoms with Gasteiger partial charge in [-0.3, -0.25) is 19.2 Å². The molecule has 2 aliphatic heterocycles. The van der Waals surface area contributed by atoms with Crippen LogP contribution in [0.4, 0.5) is 0 Å². The molecular formula is C35H52N4O6. The summed E-state index contributed by atoms with van der Waals surface area (Å²) in [5.41, 5.74) is 0.687. The van der Waals surface area contributed by atoms with Crippen LogP contribution in [0.1, 0.15) is 131 Å². The minimum absolute atomic E-state index is 0.0647. The van der Waals surface area contributed by atoms with Crippen LogP contribution < -0.4 is 10.6 Å². The fourth-order valence-electron chi connectivity index (χ4n) is 8.82. The van der Waals surface area contributed by atoms with Crippen LogP contribution in [0, 0.1) is 37.0 Å². The number of esters is 1. The first-order chi connectivity index (χ1) is 21.0. The highest BCUT2D eigenvalue weighted by molar-refractivity contribution is 6.08. The maximum absolute atomic E-state index is 14.4. The smallest absolute Gasteiger partial charge is 0.329 e. The number of aromatic amines is 1. The zero-order valence-corrected chi connectivity index (χ0v) is 28.3. The Balaban J connectivity index is 1.44. The molecule has 2 saturated carbocycles. The topological polar surface area (TPSA) is 138 Å². The quantitative estimate of drug-likeness (QED) is 0.295. The van der Waals surface area contributed by atoms with E-state index >= 15 is 0 Å². The monoisotopic (exact) mass is 624 g/mol. The second-order valence-corrected chi connectivity index (χ2v) is 15.6. The molecule has 2 saturated heterocycles. The molecule has 0 spiro atoms. The third-order valence-corrected chi connectivity index (χ3v) is 11.1. The van der Waals surface area contributed by atoms with Gasteiger partial charge < -0.3 is 25.3 Å². The molecular weight excluding hydrogens is 572 g/mol. The average Bonchev–Trinajstić information content (AvgIpc) is 3.50. The molecule has 248 valence electrons. The van der Waals surface area contributed by atoms with Crippen LogP contribution in [0.2, 0.25) is 0 Å². The van der Waals surface area contributed by atoms with Gasteiger partial charge in [0.15, 0.2) is 5.78 Å². The zero-order chi connectivity index (χ0) is 33.0. The van der Waals surface area contributed by atoms with Crippen LogP contribution in [-0.2, 0) is 19.1 Å². The third kappa shape index (κ3) is 6.18. The maximum Gasteiger partial charge on any atom is 0.329 e. The van der Waals surface area contributed by atoms with E-state index in [1.807, 2.05) is 27.7 Å². The van der Waals surface area contributed by atoms with Crippen LogP contribution >= 0.6 is 0 Å². The van der Waals surface area contributed by atoms with Gasteiger partial charge in [-0.05, 0) is 102 Å². The molecule has 10 nitrogen and oxygen atoms in total. The van der Waals surface area contributed by atoms with Gasteiger partial charge in [0.25, 0.3) is 5.91 Å². The number of ketones is 1. The highest BCUT2D eigenvalue weighted by Crippen LogP contribution is 2.54. The molecule has 2 aliphatic carbocycles. The van der Waals surface area contributed by atoms with E-state index in [0.717, 1.165) is 57.1 Å². The Morgan fingerprint density at radius 1 is 1.00 bits per heavy atom. The molecule has 3 heterocycles. The lowest BCUT2D eigenvalue weighted by Crippen LogP contribution is -2.70. The van der Waals surface area contributed by atoms with Gasteiger partial charge in [-0.15, -0.1) is 0 Å². The standard InChI is InChI=1S/C35H52N4O6/c1-18-19(2)36-27(25(18)20(3)40)31(42)37-26(21-13-10-9-11-14-21)30(41)38-29-32(43)39-24(33(44)45-34(4,5)6)17-22-15-12-16-23(28(22)39)35(29,7)8/h21-24,26,28-29,36H,9-17H2,1-8H3,(H,37,42)(H,38,41)/t22-,23?,24-,26-,28+,29+/m0/s1. The zero-order valence-electron chi connectivity index (χ0n) is 28.3. The van der Waals surface area contributed by atoms with E-state index < -0.39 is 41.0 Å². The minimum Gasteiger partial charge on any atom is -0.458 e. The van der Waals surface area contributed by atoms with Crippen molar-refractivity contribution < 1.29 is 28.7 Å². The fourth-order valence-corrected chi connectivity index (χ4v) is 8.82.